The fraction of sp³-hybridized carbons (Fsp3) is 0.364. The number of anilines is 1. The van der Waals surface area contributed by atoms with Crippen LogP contribution in [0.2, 0.25) is 0 Å². The summed E-state index contributed by atoms with van der Waals surface area (Å²) in [4.78, 5) is 11.8. The van der Waals surface area contributed by atoms with Gasteiger partial charge < -0.3 is 10.6 Å². The lowest BCUT2D eigenvalue weighted by Gasteiger charge is -2.11. The quantitative estimate of drug-likeness (QED) is 0.727. The number of carbonyl (C=O) groups excluding carboxylic acids is 1. The number of hydrogen-bond donors (Lipinski definition) is 3. The molecule has 1 unspecified atom stereocenters. The molecule has 2 aromatic rings. The maximum atomic E-state index is 11.8. The minimum atomic E-state index is -0.0759. The van der Waals surface area contributed by atoms with Crippen molar-refractivity contribution >= 4 is 22.6 Å². The number of benzene rings is 1. The van der Waals surface area contributed by atoms with Crippen LogP contribution in [-0.4, -0.2) is 34.9 Å². The van der Waals surface area contributed by atoms with Crippen LogP contribution in [0.5, 0.6) is 0 Å². The Bertz CT molecular complexity index is 521. The summed E-state index contributed by atoms with van der Waals surface area (Å²) in [6, 6.07) is 5.43. The predicted octanol–water partition coefficient (Wildman–Crippen LogP) is 0.752. The Morgan fingerprint density at radius 2 is 2.18 bits per heavy atom. The second-order valence-corrected chi connectivity index (χ2v) is 3.98. The lowest BCUT2D eigenvalue weighted by Crippen LogP contribution is -2.28. The predicted molar refractivity (Wildman–Crippen MR) is 65.6 cm³/mol. The van der Waals surface area contributed by atoms with Crippen molar-refractivity contribution in [3.05, 3.63) is 18.2 Å². The monoisotopic (exact) mass is 233 g/mol. The van der Waals surface area contributed by atoms with Crippen molar-refractivity contribution in [3.8, 4) is 0 Å². The van der Waals surface area contributed by atoms with Gasteiger partial charge in [-0.25, -0.2) is 0 Å². The molecule has 6 nitrogen and oxygen atoms in total. The molecule has 0 fully saturated rings. The Kier molecular flexibility index (Phi) is 3.34. The second kappa shape index (κ2) is 4.92. The average molecular weight is 233 g/mol. The number of aromatic amines is 1. The second-order valence-electron chi connectivity index (χ2n) is 3.98. The van der Waals surface area contributed by atoms with E-state index < -0.39 is 0 Å². The van der Waals surface area contributed by atoms with Gasteiger partial charge in [0.05, 0.1) is 0 Å². The van der Waals surface area contributed by atoms with Gasteiger partial charge in [0.15, 0.2) is 0 Å². The first-order valence-electron chi connectivity index (χ1n) is 5.46. The van der Waals surface area contributed by atoms with Crippen molar-refractivity contribution < 1.29 is 4.79 Å². The highest BCUT2D eigenvalue weighted by Gasteiger charge is 2.12. The molecule has 0 spiro atoms. The lowest BCUT2D eigenvalue weighted by molar-refractivity contribution is -0.119. The summed E-state index contributed by atoms with van der Waals surface area (Å²) in [6.45, 7) is 2.53. The molecule has 1 atom stereocenters. The molecular formula is C11H15N5O. The van der Waals surface area contributed by atoms with E-state index >= 15 is 0 Å². The molecular weight excluding hydrogens is 218 g/mol. The summed E-state index contributed by atoms with van der Waals surface area (Å²) < 4.78 is 0. The smallest absolute Gasteiger partial charge is 0.228 e. The van der Waals surface area contributed by atoms with E-state index in [2.05, 4.69) is 26.0 Å². The van der Waals surface area contributed by atoms with E-state index in [0.29, 0.717) is 6.54 Å². The molecule has 0 aliphatic heterocycles. The van der Waals surface area contributed by atoms with Gasteiger partial charge in [0, 0.05) is 18.2 Å². The van der Waals surface area contributed by atoms with Crippen LogP contribution in [0.25, 0.3) is 11.0 Å². The number of rotatable bonds is 4. The third kappa shape index (κ3) is 2.59. The molecule has 0 saturated heterocycles. The van der Waals surface area contributed by atoms with Crippen molar-refractivity contribution in [1.82, 2.24) is 20.7 Å². The third-order valence-electron chi connectivity index (χ3n) is 2.54. The number of amides is 1. The number of carbonyl (C=O) groups is 1. The number of hydrogen-bond acceptors (Lipinski definition) is 4. The molecule has 1 amide bonds. The minimum Gasteiger partial charge on any atom is -0.326 e. The highest BCUT2D eigenvalue weighted by atomic mass is 16.1. The van der Waals surface area contributed by atoms with Gasteiger partial charge in [-0.15, -0.1) is 0 Å². The van der Waals surface area contributed by atoms with Crippen LogP contribution in [0, 0.1) is 5.92 Å². The number of nitrogens with zero attached hydrogens (tertiary/aromatic N) is 2. The Balaban J connectivity index is 2.09. The van der Waals surface area contributed by atoms with Gasteiger partial charge >= 0.3 is 0 Å². The summed E-state index contributed by atoms with van der Waals surface area (Å²) in [5, 5.41) is 16.3. The van der Waals surface area contributed by atoms with Crippen molar-refractivity contribution in [2.75, 3.05) is 18.9 Å². The van der Waals surface area contributed by atoms with E-state index in [4.69, 9.17) is 0 Å². The Morgan fingerprint density at radius 1 is 1.41 bits per heavy atom. The normalized spacial score (nSPS) is 12.6. The van der Waals surface area contributed by atoms with Gasteiger partial charge in [0.1, 0.15) is 11.0 Å². The summed E-state index contributed by atoms with van der Waals surface area (Å²) in [6.07, 6.45) is 0. The van der Waals surface area contributed by atoms with Gasteiger partial charge in [-0.1, -0.05) is 6.92 Å². The molecule has 2 rings (SSSR count). The van der Waals surface area contributed by atoms with Gasteiger partial charge in [0.2, 0.25) is 5.91 Å². The summed E-state index contributed by atoms with van der Waals surface area (Å²) >= 11 is 0. The van der Waals surface area contributed by atoms with Crippen LogP contribution in [0.15, 0.2) is 18.2 Å². The molecule has 0 radical (unpaired) electrons. The van der Waals surface area contributed by atoms with E-state index in [9.17, 15) is 4.79 Å². The van der Waals surface area contributed by atoms with Crippen molar-refractivity contribution in [2.24, 2.45) is 5.92 Å². The molecule has 3 N–H and O–H groups in total. The van der Waals surface area contributed by atoms with E-state index in [1.54, 1.807) is 6.07 Å². The SMILES string of the molecule is CNCC(C)C(=O)Nc1ccc2n[nH]nc2c1. The Morgan fingerprint density at radius 3 is 2.94 bits per heavy atom. The zero-order valence-electron chi connectivity index (χ0n) is 9.82. The zero-order chi connectivity index (χ0) is 12.3. The van der Waals surface area contributed by atoms with Crippen LogP contribution in [0.1, 0.15) is 6.92 Å². The fourth-order valence-electron chi connectivity index (χ4n) is 1.58. The molecule has 1 aromatic carbocycles. The number of nitrogens with one attached hydrogen (secondary N) is 3. The van der Waals surface area contributed by atoms with E-state index in [1.807, 2.05) is 26.1 Å². The molecule has 0 aliphatic rings. The number of H-pyrrole nitrogens is 1. The standard InChI is InChI=1S/C11H15N5O/c1-7(6-12-2)11(17)13-8-3-4-9-10(5-8)15-16-14-9/h3-5,7,12H,6H2,1-2H3,(H,13,17)(H,14,15,16). The van der Waals surface area contributed by atoms with Crippen LogP contribution in [0.3, 0.4) is 0 Å². The summed E-state index contributed by atoms with van der Waals surface area (Å²) in [7, 11) is 1.82. The van der Waals surface area contributed by atoms with Crippen molar-refractivity contribution in [1.29, 1.82) is 0 Å². The van der Waals surface area contributed by atoms with E-state index in [-0.39, 0.29) is 11.8 Å². The molecule has 1 aromatic heterocycles. The number of fused-ring (bicyclic) bond motifs is 1. The highest BCUT2D eigenvalue weighted by Crippen LogP contribution is 2.15. The van der Waals surface area contributed by atoms with E-state index in [1.165, 1.54) is 0 Å². The molecule has 17 heavy (non-hydrogen) atoms. The van der Waals surface area contributed by atoms with Crippen LogP contribution in [0.4, 0.5) is 5.69 Å². The van der Waals surface area contributed by atoms with Crippen molar-refractivity contribution in [2.45, 2.75) is 6.92 Å². The highest BCUT2D eigenvalue weighted by molar-refractivity contribution is 5.94. The fourth-order valence-corrected chi connectivity index (χ4v) is 1.58. The Labute approximate surface area is 98.8 Å². The van der Waals surface area contributed by atoms with Gasteiger partial charge in [0.25, 0.3) is 0 Å². The molecule has 0 bridgehead atoms. The molecule has 0 aliphatic carbocycles. The third-order valence-corrected chi connectivity index (χ3v) is 2.54. The maximum absolute atomic E-state index is 11.8. The molecule has 0 saturated carbocycles. The summed E-state index contributed by atoms with van der Waals surface area (Å²) in [5.41, 5.74) is 2.26. The van der Waals surface area contributed by atoms with Crippen LogP contribution < -0.4 is 10.6 Å². The minimum absolute atomic E-state index is 0.0119. The molecule has 90 valence electrons. The first kappa shape index (κ1) is 11.5. The Hall–Kier alpha value is -1.95. The van der Waals surface area contributed by atoms with Gasteiger partial charge in [-0.2, -0.15) is 15.4 Å². The van der Waals surface area contributed by atoms with E-state index in [0.717, 1.165) is 16.7 Å². The van der Waals surface area contributed by atoms with Crippen LogP contribution >= 0.6 is 0 Å². The lowest BCUT2D eigenvalue weighted by atomic mass is 10.1. The molecule has 6 heteroatoms. The summed E-state index contributed by atoms with van der Waals surface area (Å²) in [5.74, 6) is -0.0878. The number of aromatic nitrogens is 3. The zero-order valence-corrected chi connectivity index (χ0v) is 9.82. The maximum Gasteiger partial charge on any atom is 0.228 e. The first-order chi connectivity index (χ1) is 8.20. The van der Waals surface area contributed by atoms with Crippen molar-refractivity contribution in [3.63, 3.8) is 0 Å². The van der Waals surface area contributed by atoms with Crippen LogP contribution in [-0.2, 0) is 4.79 Å². The first-order valence-corrected chi connectivity index (χ1v) is 5.46. The molecule has 1 heterocycles. The average Bonchev–Trinajstić information content (AvgIpc) is 2.76. The van der Waals surface area contributed by atoms with Gasteiger partial charge in [-0.05, 0) is 25.2 Å². The van der Waals surface area contributed by atoms with Gasteiger partial charge in [-0.3, -0.25) is 4.79 Å². The topological polar surface area (TPSA) is 82.7 Å². The largest absolute Gasteiger partial charge is 0.326 e.